The largest absolute Gasteiger partial charge is 0.293 e. The third-order valence-corrected chi connectivity index (χ3v) is 7.36. The van der Waals surface area contributed by atoms with Crippen LogP contribution in [0.1, 0.15) is 30.2 Å². The fraction of sp³-hybridized carbons (Fsp3) is 0.222. The van der Waals surface area contributed by atoms with Crippen molar-refractivity contribution in [3.8, 4) is 23.0 Å². The van der Waals surface area contributed by atoms with Gasteiger partial charge in [-0.05, 0) is 42.5 Å². The Kier molecular flexibility index (Phi) is 4.56. The van der Waals surface area contributed by atoms with Gasteiger partial charge in [-0.2, -0.15) is 15.5 Å². The van der Waals surface area contributed by atoms with Gasteiger partial charge in [0.2, 0.25) is 0 Å². The Labute approximate surface area is 196 Å². The molecule has 4 aromatic rings. The first-order valence-electron chi connectivity index (χ1n) is 11.4. The number of ketones is 1. The number of carbonyl (C=O) groups excluding carboxylic acids is 1. The minimum atomic E-state index is -0.638. The van der Waals surface area contributed by atoms with Crippen LogP contribution in [0.3, 0.4) is 0 Å². The quantitative estimate of drug-likeness (QED) is 0.509. The monoisotopic (exact) mass is 446 g/mol. The van der Waals surface area contributed by atoms with Gasteiger partial charge in [0.05, 0.1) is 40.5 Å². The molecular weight excluding hydrogens is 424 g/mol. The topological polar surface area (TPSA) is 100 Å². The number of benzene rings is 1. The molecule has 0 radical (unpaired) electrons. The van der Waals surface area contributed by atoms with Gasteiger partial charge >= 0.3 is 0 Å². The van der Waals surface area contributed by atoms with Gasteiger partial charge in [-0.3, -0.25) is 14.9 Å². The molecule has 166 valence electrons. The van der Waals surface area contributed by atoms with Crippen molar-refractivity contribution in [2.45, 2.75) is 25.2 Å². The number of Topliss-reactive ketones (excluding diaryl/α,β-unsaturated/α-hetero) is 1. The van der Waals surface area contributed by atoms with Gasteiger partial charge in [0.25, 0.3) is 0 Å². The molecule has 34 heavy (non-hydrogen) atoms. The number of pyridine rings is 1. The van der Waals surface area contributed by atoms with Crippen LogP contribution in [0, 0.1) is 23.2 Å². The molecule has 0 aliphatic heterocycles. The molecule has 0 saturated heterocycles. The number of fused-ring (bicyclic) bond motifs is 3. The van der Waals surface area contributed by atoms with Crippen molar-refractivity contribution in [2.24, 2.45) is 11.8 Å². The summed E-state index contributed by atoms with van der Waals surface area (Å²) in [6, 6.07) is 16.1. The second-order valence-corrected chi connectivity index (χ2v) is 9.01. The summed E-state index contributed by atoms with van der Waals surface area (Å²) in [6.07, 6.45) is 10.8. The lowest BCUT2D eigenvalue weighted by atomic mass is 9.54. The Bertz CT molecular complexity index is 1460. The average molecular weight is 447 g/mol. The van der Waals surface area contributed by atoms with E-state index in [1.165, 1.54) is 0 Å². The van der Waals surface area contributed by atoms with E-state index < -0.39 is 5.41 Å². The van der Waals surface area contributed by atoms with E-state index in [1.54, 1.807) is 17.1 Å². The molecule has 0 amide bonds. The molecular formula is C27H22N6O. The highest BCUT2D eigenvalue weighted by molar-refractivity contribution is 6.02. The maximum atomic E-state index is 12.9. The number of hydrogen-bond donors (Lipinski definition) is 1. The number of aromatic nitrogens is 5. The van der Waals surface area contributed by atoms with Gasteiger partial charge in [-0.25, -0.2) is 4.68 Å². The summed E-state index contributed by atoms with van der Waals surface area (Å²) in [5.41, 5.74) is 5.38. The minimum Gasteiger partial charge on any atom is -0.293 e. The van der Waals surface area contributed by atoms with E-state index in [0.717, 1.165) is 46.6 Å². The highest BCUT2D eigenvalue weighted by atomic mass is 16.1. The SMILES string of the molecule is C[C@@H]1C(=O)C(C#N)=C[C@]2(c3ccccc3)c3n[nH]c(-c4cnn(-c5cccnc5)c4)c3CC[C@@H]12. The molecule has 0 saturated carbocycles. The molecule has 0 bridgehead atoms. The molecule has 0 fully saturated rings. The number of rotatable bonds is 3. The zero-order valence-corrected chi connectivity index (χ0v) is 18.6. The van der Waals surface area contributed by atoms with Crippen LogP contribution in [0.2, 0.25) is 0 Å². The van der Waals surface area contributed by atoms with Crippen LogP contribution in [0.4, 0.5) is 0 Å². The second-order valence-electron chi connectivity index (χ2n) is 9.01. The Morgan fingerprint density at radius 3 is 2.79 bits per heavy atom. The van der Waals surface area contributed by atoms with Crippen LogP contribution < -0.4 is 0 Å². The van der Waals surface area contributed by atoms with Crippen LogP contribution in [0.15, 0.2) is 78.9 Å². The van der Waals surface area contributed by atoms with Crippen molar-refractivity contribution in [2.75, 3.05) is 0 Å². The Balaban J connectivity index is 1.54. The van der Waals surface area contributed by atoms with Gasteiger partial charge in [0, 0.05) is 29.4 Å². The number of aromatic amines is 1. The summed E-state index contributed by atoms with van der Waals surface area (Å²) in [5.74, 6) is -0.307. The number of nitrogens with zero attached hydrogens (tertiary/aromatic N) is 5. The smallest absolute Gasteiger partial charge is 0.176 e. The first-order valence-corrected chi connectivity index (χ1v) is 11.4. The fourth-order valence-electron chi connectivity index (χ4n) is 5.76. The van der Waals surface area contributed by atoms with E-state index in [4.69, 9.17) is 5.10 Å². The van der Waals surface area contributed by atoms with E-state index in [9.17, 15) is 10.1 Å². The molecule has 3 heterocycles. The van der Waals surface area contributed by atoms with Gasteiger partial charge < -0.3 is 0 Å². The van der Waals surface area contributed by atoms with Crippen LogP contribution in [-0.2, 0) is 16.6 Å². The van der Waals surface area contributed by atoms with E-state index in [2.05, 4.69) is 33.4 Å². The number of nitriles is 1. The molecule has 7 heteroatoms. The Morgan fingerprint density at radius 1 is 1.18 bits per heavy atom. The van der Waals surface area contributed by atoms with Crippen molar-refractivity contribution >= 4 is 5.78 Å². The average Bonchev–Trinajstić information content (AvgIpc) is 3.55. The molecule has 0 spiro atoms. The van der Waals surface area contributed by atoms with Gasteiger partial charge in [-0.15, -0.1) is 0 Å². The van der Waals surface area contributed by atoms with Crippen molar-refractivity contribution < 1.29 is 4.79 Å². The van der Waals surface area contributed by atoms with Crippen LogP contribution >= 0.6 is 0 Å². The Morgan fingerprint density at radius 2 is 2.03 bits per heavy atom. The van der Waals surface area contributed by atoms with Crippen LogP contribution in [-0.4, -0.2) is 30.7 Å². The van der Waals surface area contributed by atoms with Crippen molar-refractivity contribution in [3.05, 3.63) is 95.7 Å². The summed E-state index contributed by atoms with van der Waals surface area (Å²) < 4.78 is 1.79. The maximum absolute atomic E-state index is 12.9. The fourth-order valence-corrected chi connectivity index (χ4v) is 5.76. The molecule has 6 rings (SSSR count). The van der Waals surface area contributed by atoms with E-state index >= 15 is 0 Å². The number of allylic oxidation sites excluding steroid dienone is 2. The first kappa shape index (κ1) is 20.3. The third-order valence-electron chi connectivity index (χ3n) is 7.36. The molecule has 3 aromatic heterocycles. The zero-order valence-electron chi connectivity index (χ0n) is 18.6. The number of carbonyl (C=O) groups is 1. The van der Waals surface area contributed by atoms with Gasteiger partial charge in [0.15, 0.2) is 5.78 Å². The maximum Gasteiger partial charge on any atom is 0.176 e. The zero-order chi connectivity index (χ0) is 23.3. The molecule has 7 nitrogen and oxygen atoms in total. The summed E-state index contributed by atoms with van der Waals surface area (Å²) >= 11 is 0. The lowest BCUT2D eigenvalue weighted by Gasteiger charge is -2.46. The van der Waals surface area contributed by atoms with E-state index in [1.807, 2.05) is 55.7 Å². The lowest BCUT2D eigenvalue weighted by Crippen LogP contribution is -2.48. The highest BCUT2D eigenvalue weighted by Crippen LogP contribution is 2.54. The van der Waals surface area contributed by atoms with Crippen LogP contribution in [0.5, 0.6) is 0 Å². The summed E-state index contributed by atoms with van der Waals surface area (Å²) in [6.45, 7) is 1.95. The first-order chi connectivity index (χ1) is 16.6. The summed E-state index contributed by atoms with van der Waals surface area (Å²) in [4.78, 5) is 17.1. The number of nitrogens with one attached hydrogen (secondary N) is 1. The molecule has 2 aliphatic carbocycles. The predicted molar refractivity (Wildman–Crippen MR) is 126 cm³/mol. The molecule has 0 unspecified atom stereocenters. The highest BCUT2D eigenvalue weighted by Gasteiger charge is 2.53. The standard InChI is InChI=1S/C27H22N6O/c1-17-23-10-9-22-24(19-14-30-33(16-19)21-8-5-11-29-15-21)31-32-26(22)27(23,12-18(13-28)25(17)34)20-6-3-2-4-7-20/h2-8,11-12,14-17,23H,9-10H2,1H3,(H,31,32)/t17-,23-,27+/m0/s1. The number of H-pyrrole nitrogens is 1. The van der Waals surface area contributed by atoms with Crippen molar-refractivity contribution in [3.63, 3.8) is 0 Å². The Hall–Kier alpha value is -4.31. The van der Waals surface area contributed by atoms with Gasteiger partial charge in [0.1, 0.15) is 6.07 Å². The summed E-state index contributed by atoms with van der Waals surface area (Å²) in [5, 5.41) is 22.4. The predicted octanol–water partition coefficient (Wildman–Crippen LogP) is 4.17. The second kappa shape index (κ2) is 7.63. The van der Waals surface area contributed by atoms with E-state index in [0.29, 0.717) is 0 Å². The van der Waals surface area contributed by atoms with E-state index in [-0.39, 0.29) is 23.2 Å². The molecule has 1 aromatic carbocycles. The number of hydrogen-bond acceptors (Lipinski definition) is 5. The minimum absolute atomic E-state index is 0.0290. The molecule has 2 aliphatic rings. The van der Waals surface area contributed by atoms with Crippen molar-refractivity contribution in [1.82, 2.24) is 25.0 Å². The summed E-state index contributed by atoms with van der Waals surface area (Å²) in [7, 11) is 0. The normalized spacial score (nSPS) is 23.5. The van der Waals surface area contributed by atoms with Crippen LogP contribution in [0.25, 0.3) is 16.9 Å². The van der Waals surface area contributed by atoms with Crippen molar-refractivity contribution in [1.29, 1.82) is 5.26 Å². The lowest BCUT2D eigenvalue weighted by molar-refractivity contribution is -0.121. The van der Waals surface area contributed by atoms with Gasteiger partial charge in [-0.1, -0.05) is 37.3 Å². The molecule has 3 atom stereocenters. The third kappa shape index (κ3) is 2.82. The molecule has 1 N–H and O–H groups in total.